The van der Waals surface area contributed by atoms with Crippen LogP contribution in [0.2, 0.25) is 0 Å². The average molecular weight is 396 g/mol. The van der Waals surface area contributed by atoms with Crippen LogP contribution in [0.15, 0.2) is 36.7 Å². The van der Waals surface area contributed by atoms with Gasteiger partial charge in [0.1, 0.15) is 5.82 Å². The van der Waals surface area contributed by atoms with Gasteiger partial charge in [0.05, 0.1) is 11.1 Å². The molecule has 4 N–H and O–H groups in total. The van der Waals surface area contributed by atoms with Gasteiger partial charge in [0.15, 0.2) is 0 Å². The van der Waals surface area contributed by atoms with Crippen molar-refractivity contribution in [1.82, 2.24) is 15.4 Å². The minimum atomic E-state index is -0.981. The van der Waals surface area contributed by atoms with Gasteiger partial charge in [0.25, 0.3) is 0 Å². The molecule has 2 aromatic heterocycles. The first-order valence-corrected chi connectivity index (χ1v) is 9.67. The molecule has 0 aliphatic carbocycles. The number of carboxylic acids is 1. The van der Waals surface area contributed by atoms with Crippen LogP contribution < -0.4 is 10.8 Å². The molecule has 8 heteroatoms. The summed E-state index contributed by atoms with van der Waals surface area (Å²) in [5, 5.41) is 23.8. The lowest BCUT2D eigenvalue weighted by atomic mass is 10.1. The molecule has 0 aliphatic heterocycles. The van der Waals surface area contributed by atoms with Crippen molar-refractivity contribution in [2.45, 2.75) is 38.5 Å². The molecule has 1 aromatic carbocycles. The fourth-order valence-corrected chi connectivity index (χ4v) is 3.32. The number of carbonyl (C=O) groups excluding carboxylic acids is 1. The van der Waals surface area contributed by atoms with Gasteiger partial charge in [0.2, 0.25) is 5.91 Å². The maximum Gasteiger partial charge on any atom is 0.335 e. The summed E-state index contributed by atoms with van der Waals surface area (Å²) >= 11 is 0. The lowest BCUT2D eigenvalue weighted by Crippen LogP contribution is -2.17. The van der Waals surface area contributed by atoms with Gasteiger partial charge in [-0.25, -0.2) is 15.3 Å². The fraction of sp³-hybridized carbons (Fsp3) is 0.333. The van der Waals surface area contributed by atoms with E-state index in [1.165, 1.54) is 0 Å². The van der Waals surface area contributed by atoms with E-state index in [-0.39, 0.29) is 11.5 Å². The molecule has 0 saturated carbocycles. The van der Waals surface area contributed by atoms with Crippen molar-refractivity contribution in [3.8, 4) is 0 Å². The molecule has 8 nitrogen and oxygen atoms in total. The van der Waals surface area contributed by atoms with Gasteiger partial charge < -0.3 is 10.4 Å². The van der Waals surface area contributed by atoms with Gasteiger partial charge in [-0.1, -0.05) is 25.3 Å². The number of hydrogen-bond acceptors (Lipinski definition) is 6. The number of pyridine rings is 2. The number of fused-ring (bicyclic) bond motifs is 3. The minimum absolute atomic E-state index is 0.203. The van der Waals surface area contributed by atoms with Crippen molar-refractivity contribution in [3.05, 3.63) is 42.2 Å². The number of hydrogen-bond donors (Lipinski definition) is 4. The number of hydroxylamine groups is 1. The first kappa shape index (κ1) is 20.5. The summed E-state index contributed by atoms with van der Waals surface area (Å²) in [6, 6.07) is 6.84. The monoisotopic (exact) mass is 396 g/mol. The Hall–Kier alpha value is -3.26. The molecule has 0 spiro atoms. The highest BCUT2D eigenvalue weighted by molar-refractivity contribution is 6.10. The van der Waals surface area contributed by atoms with Gasteiger partial charge in [-0.15, -0.1) is 0 Å². The zero-order valence-electron chi connectivity index (χ0n) is 16.0. The Labute approximate surface area is 167 Å². The van der Waals surface area contributed by atoms with E-state index in [4.69, 9.17) is 5.21 Å². The largest absolute Gasteiger partial charge is 0.478 e. The lowest BCUT2D eigenvalue weighted by Gasteiger charge is -2.12. The van der Waals surface area contributed by atoms with Crippen LogP contribution in [0.5, 0.6) is 0 Å². The number of aromatic carboxylic acids is 1. The maximum absolute atomic E-state index is 11.3. The van der Waals surface area contributed by atoms with E-state index >= 15 is 0 Å². The molecule has 152 valence electrons. The third kappa shape index (κ3) is 5.17. The molecule has 3 rings (SSSR count). The standard InChI is InChI=1S/C21H24N4O4/c26-19(25-29)6-4-2-1-3-5-10-23-20-16-9-11-22-13-17(16)15-8-7-14(21(27)28)12-18(15)24-20/h7-9,11-13,29H,1-6,10H2,(H,23,24)(H,25,26)(H,27,28). The van der Waals surface area contributed by atoms with Crippen LogP contribution in [-0.2, 0) is 4.79 Å². The highest BCUT2D eigenvalue weighted by Gasteiger charge is 2.11. The predicted octanol–water partition coefficient (Wildman–Crippen LogP) is 3.74. The van der Waals surface area contributed by atoms with Gasteiger partial charge >= 0.3 is 5.97 Å². The minimum Gasteiger partial charge on any atom is -0.478 e. The molecule has 0 radical (unpaired) electrons. The topological polar surface area (TPSA) is 124 Å². The number of carboxylic acid groups (broad SMARTS) is 1. The third-order valence-corrected chi connectivity index (χ3v) is 4.84. The second-order valence-corrected chi connectivity index (χ2v) is 6.90. The summed E-state index contributed by atoms with van der Waals surface area (Å²) in [6.07, 6.45) is 8.51. The molecule has 0 bridgehead atoms. The molecule has 0 atom stereocenters. The van der Waals surface area contributed by atoms with E-state index in [0.717, 1.165) is 60.6 Å². The van der Waals surface area contributed by atoms with E-state index in [9.17, 15) is 14.7 Å². The number of nitrogens with zero attached hydrogens (tertiary/aromatic N) is 2. The Kier molecular flexibility index (Phi) is 6.91. The predicted molar refractivity (Wildman–Crippen MR) is 110 cm³/mol. The number of unbranched alkanes of at least 4 members (excludes halogenated alkanes) is 4. The van der Waals surface area contributed by atoms with Crippen LogP contribution in [0.4, 0.5) is 5.82 Å². The second kappa shape index (κ2) is 9.79. The number of benzene rings is 1. The summed E-state index contributed by atoms with van der Waals surface area (Å²) in [7, 11) is 0. The van der Waals surface area contributed by atoms with Crippen LogP contribution in [0.25, 0.3) is 21.7 Å². The molecule has 0 unspecified atom stereocenters. The molecule has 0 fully saturated rings. The SMILES string of the molecule is O=C(CCCCCCCNc1nc2cc(C(=O)O)ccc2c2cnccc12)NO. The third-order valence-electron chi connectivity index (χ3n) is 4.84. The van der Waals surface area contributed by atoms with Crippen molar-refractivity contribution in [1.29, 1.82) is 0 Å². The fourth-order valence-electron chi connectivity index (χ4n) is 3.32. The highest BCUT2D eigenvalue weighted by Crippen LogP contribution is 2.29. The zero-order chi connectivity index (χ0) is 20.6. The Bertz CT molecular complexity index is 1020. The van der Waals surface area contributed by atoms with E-state index in [1.54, 1.807) is 36.1 Å². The molecule has 0 saturated heterocycles. The molecular weight excluding hydrogens is 372 g/mol. The number of aromatic nitrogens is 2. The normalized spacial score (nSPS) is 10.9. The van der Waals surface area contributed by atoms with E-state index in [0.29, 0.717) is 11.9 Å². The first-order chi connectivity index (χ1) is 14.1. The zero-order valence-corrected chi connectivity index (χ0v) is 16.0. The van der Waals surface area contributed by atoms with Crippen LogP contribution in [0, 0.1) is 0 Å². The van der Waals surface area contributed by atoms with Gasteiger partial charge in [0, 0.05) is 41.5 Å². The van der Waals surface area contributed by atoms with Gasteiger partial charge in [-0.3, -0.25) is 15.0 Å². The number of anilines is 1. The molecule has 1 amide bonds. The quantitative estimate of drug-likeness (QED) is 0.178. The van der Waals surface area contributed by atoms with Crippen LogP contribution >= 0.6 is 0 Å². The van der Waals surface area contributed by atoms with Crippen molar-refractivity contribution in [2.24, 2.45) is 0 Å². The van der Waals surface area contributed by atoms with Gasteiger partial charge in [-0.2, -0.15) is 0 Å². The van der Waals surface area contributed by atoms with Crippen molar-refractivity contribution in [2.75, 3.05) is 11.9 Å². The van der Waals surface area contributed by atoms with Crippen LogP contribution in [0.1, 0.15) is 48.9 Å². The molecular formula is C21H24N4O4. The van der Waals surface area contributed by atoms with Crippen molar-refractivity contribution >= 4 is 39.4 Å². The molecule has 3 aromatic rings. The number of nitrogens with one attached hydrogen (secondary N) is 2. The van der Waals surface area contributed by atoms with Crippen LogP contribution in [0.3, 0.4) is 0 Å². The van der Waals surface area contributed by atoms with E-state index in [1.807, 2.05) is 6.07 Å². The van der Waals surface area contributed by atoms with Crippen molar-refractivity contribution < 1.29 is 19.9 Å². The molecule has 29 heavy (non-hydrogen) atoms. The summed E-state index contributed by atoms with van der Waals surface area (Å²) in [6.45, 7) is 0.742. The number of rotatable bonds is 10. The Morgan fingerprint density at radius 2 is 1.76 bits per heavy atom. The highest BCUT2D eigenvalue weighted by atomic mass is 16.5. The molecule has 0 aliphatic rings. The smallest absolute Gasteiger partial charge is 0.335 e. The maximum atomic E-state index is 11.3. The first-order valence-electron chi connectivity index (χ1n) is 9.67. The Morgan fingerprint density at radius 1 is 0.966 bits per heavy atom. The summed E-state index contributed by atoms with van der Waals surface area (Å²) in [4.78, 5) is 31.1. The van der Waals surface area contributed by atoms with E-state index < -0.39 is 5.97 Å². The lowest BCUT2D eigenvalue weighted by molar-refractivity contribution is -0.129. The molecule has 2 heterocycles. The summed E-state index contributed by atoms with van der Waals surface area (Å²) in [5.41, 5.74) is 2.46. The second-order valence-electron chi connectivity index (χ2n) is 6.90. The summed E-state index contributed by atoms with van der Waals surface area (Å²) in [5.74, 6) is -0.607. The Morgan fingerprint density at radius 3 is 2.55 bits per heavy atom. The number of carbonyl (C=O) groups is 2. The number of amides is 1. The van der Waals surface area contributed by atoms with Gasteiger partial charge in [-0.05, 0) is 31.0 Å². The average Bonchev–Trinajstić information content (AvgIpc) is 2.74. The summed E-state index contributed by atoms with van der Waals surface area (Å²) < 4.78 is 0. The van der Waals surface area contributed by atoms with E-state index in [2.05, 4.69) is 15.3 Å². The van der Waals surface area contributed by atoms with Crippen LogP contribution in [-0.4, -0.2) is 38.7 Å². The van der Waals surface area contributed by atoms with Crippen molar-refractivity contribution in [3.63, 3.8) is 0 Å². The Balaban J connectivity index is 1.64.